The van der Waals surface area contributed by atoms with Gasteiger partial charge in [-0.1, -0.05) is 0 Å². The molecule has 1 aromatic heterocycles. The van der Waals surface area contributed by atoms with Gasteiger partial charge in [-0.15, -0.1) is 0 Å². The largest absolute Gasteiger partial charge is 0.478 e. The number of aromatic nitrogens is 1. The first-order valence-electron chi connectivity index (χ1n) is 3.60. The lowest BCUT2D eigenvalue weighted by atomic mass is 10.3. The second kappa shape index (κ2) is 4.02. The maximum absolute atomic E-state index is 11.8. The summed E-state index contributed by atoms with van der Waals surface area (Å²) in [5.41, 5.74) is 0.679. The van der Waals surface area contributed by atoms with Crippen LogP contribution in [0.25, 0.3) is 0 Å². The zero-order valence-electron chi connectivity index (χ0n) is 7.25. The summed E-state index contributed by atoms with van der Waals surface area (Å²) in [4.78, 5) is 3.86. The number of aryl methyl sites for hydroxylation is 1. The minimum Gasteiger partial charge on any atom is -0.478 e. The number of hydrogen-bond acceptors (Lipinski definition) is 3. The van der Waals surface area contributed by atoms with Crippen LogP contribution in [-0.4, -0.2) is 18.7 Å². The lowest BCUT2D eigenvalue weighted by Crippen LogP contribution is -2.04. The third-order valence-electron chi connectivity index (χ3n) is 1.37. The zero-order chi connectivity index (χ0) is 9.84. The van der Waals surface area contributed by atoms with E-state index in [1.54, 1.807) is 13.0 Å². The van der Waals surface area contributed by atoms with E-state index in [0.717, 1.165) is 0 Å². The molecule has 0 aliphatic rings. The smallest absolute Gasteiger partial charge is 0.387 e. The van der Waals surface area contributed by atoms with Crippen LogP contribution in [0.15, 0.2) is 12.1 Å². The second-order valence-corrected chi connectivity index (χ2v) is 2.34. The van der Waals surface area contributed by atoms with Crippen molar-refractivity contribution in [1.82, 2.24) is 4.98 Å². The maximum Gasteiger partial charge on any atom is 0.387 e. The topological polar surface area (TPSA) is 31.4 Å². The van der Waals surface area contributed by atoms with Crippen molar-refractivity contribution in [2.24, 2.45) is 0 Å². The van der Waals surface area contributed by atoms with Crippen LogP contribution >= 0.6 is 0 Å². The standard InChI is InChI=1S/C8H9F2NO2/c1-5-3-4-6(13-8(9)10)7(11-5)12-2/h3-4,8H,1-2H3. The number of alkyl halides is 2. The first kappa shape index (κ1) is 9.70. The number of methoxy groups -OCH3 is 1. The molecule has 0 unspecified atom stereocenters. The fourth-order valence-corrected chi connectivity index (χ4v) is 0.852. The van der Waals surface area contributed by atoms with Gasteiger partial charge in [0, 0.05) is 5.69 Å². The molecule has 13 heavy (non-hydrogen) atoms. The fraction of sp³-hybridized carbons (Fsp3) is 0.375. The van der Waals surface area contributed by atoms with Gasteiger partial charge in [0.1, 0.15) is 0 Å². The van der Waals surface area contributed by atoms with Crippen molar-refractivity contribution in [1.29, 1.82) is 0 Å². The van der Waals surface area contributed by atoms with E-state index in [0.29, 0.717) is 5.69 Å². The van der Waals surface area contributed by atoms with Crippen molar-refractivity contribution < 1.29 is 18.3 Å². The number of hydrogen-bond donors (Lipinski definition) is 0. The molecule has 0 atom stereocenters. The van der Waals surface area contributed by atoms with Gasteiger partial charge in [0.2, 0.25) is 0 Å². The molecule has 0 spiro atoms. The molecule has 0 bridgehead atoms. The van der Waals surface area contributed by atoms with E-state index >= 15 is 0 Å². The Kier molecular flexibility index (Phi) is 3.00. The highest BCUT2D eigenvalue weighted by Crippen LogP contribution is 2.25. The predicted molar refractivity (Wildman–Crippen MR) is 42.2 cm³/mol. The lowest BCUT2D eigenvalue weighted by molar-refractivity contribution is -0.0515. The molecule has 5 heteroatoms. The molecule has 0 saturated carbocycles. The molecule has 1 rings (SSSR count). The maximum atomic E-state index is 11.8. The van der Waals surface area contributed by atoms with E-state index in [2.05, 4.69) is 9.72 Å². The first-order chi connectivity index (χ1) is 6.13. The summed E-state index contributed by atoms with van der Waals surface area (Å²) in [6.45, 7) is -1.13. The summed E-state index contributed by atoms with van der Waals surface area (Å²) in [6.07, 6.45) is 0. The molecule has 0 aromatic carbocycles. The average molecular weight is 189 g/mol. The molecular weight excluding hydrogens is 180 g/mol. The molecule has 1 aromatic rings. The highest BCUT2D eigenvalue weighted by Gasteiger charge is 2.10. The number of halogens is 2. The van der Waals surface area contributed by atoms with Gasteiger partial charge < -0.3 is 9.47 Å². The lowest BCUT2D eigenvalue weighted by Gasteiger charge is -2.08. The van der Waals surface area contributed by atoms with E-state index in [1.807, 2.05) is 0 Å². The van der Waals surface area contributed by atoms with Gasteiger partial charge in [0.05, 0.1) is 7.11 Å². The van der Waals surface area contributed by atoms with Crippen LogP contribution in [0.2, 0.25) is 0 Å². The number of nitrogens with zero attached hydrogens (tertiary/aromatic N) is 1. The molecule has 0 amide bonds. The van der Waals surface area contributed by atoms with Gasteiger partial charge in [0.15, 0.2) is 5.75 Å². The molecular formula is C8H9F2NO2. The summed E-state index contributed by atoms with van der Waals surface area (Å²) >= 11 is 0. The summed E-state index contributed by atoms with van der Waals surface area (Å²) in [5, 5.41) is 0. The third kappa shape index (κ3) is 2.54. The van der Waals surface area contributed by atoms with Crippen LogP contribution in [-0.2, 0) is 0 Å². The van der Waals surface area contributed by atoms with Crippen molar-refractivity contribution in [2.75, 3.05) is 7.11 Å². The van der Waals surface area contributed by atoms with Crippen LogP contribution in [0.5, 0.6) is 11.6 Å². The van der Waals surface area contributed by atoms with Gasteiger partial charge in [-0.25, -0.2) is 4.98 Å². The fourth-order valence-electron chi connectivity index (χ4n) is 0.852. The monoisotopic (exact) mass is 189 g/mol. The van der Waals surface area contributed by atoms with Gasteiger partial charge >= 0.3 is 6.61 Å². The quantitative estimate of drug-likeness (QED) is 0.728. The Bertz CT molecular complexity index is 291. The Morgan fingerprint density at radius 1 is 1.38 bits per heavy atom. The summed E-state index contributed by atoms with van der Waals surface area (Å²) < 4.78 is 32.6. The highest BCUT2D eigenvalue weighted by atomic mass is 19.3. The molecule has 0 saturated heterocycles. The second-order valence-electron chi connectivity index (χ2n) is 2.34. The Labute approximate surface area is 74.3 Å². The van der Waals surface area contributed by atoms with E-state index < -0.39 is 6.61 Å². The van der Waals surface area contributed by atoms with Gasteiger partial charge in [-0.05, 0) is 19.1 Å². The van der Waals surface area contributed by atoms with Crippen LogP contribution in [0.1, 0.15) is 5.69 Å². The SMILES string of the molecule is COc1nc(C)ccc1OC(F)F. The van der Waals surface area contributed by atoms with E-state index in [1.165, 1.54) is 13.2 Å². The van der Waals surface area contributed by atoms with Crippen LogP contribution in [0.3, 0.4) is 0 Å². The Morgan fingerprint density at radius 2 is 2.08 bits per heavy atom. The van der Waals surface area contributed by atoms with Crippen LogP contribution in [0, 0.1) is 6.92 Å². The Hall–Kier alpha value is -1.39. The van der Waals surface area contributed by atoms with Crippen molar-refractivity contribution in [3.05, 3.63) is 17.8 Å². The molecule has 0 N–H and O–H groups in total. The summed E-state index contributed by atoms with van der Waals surface area (Å²) in [5.74, 6) is 0.0170. The highest BCUT2D eigenvalue weighted by molar-refractivity contribution is 5.34. The van der Waals surface area contributed by atoms with Gasteiger partial charge in [-0.2, -0.15) is 8.78 Å². The summed E-state index contributed by atoms with van der Waals surface area (Å²) in [7, 11) is 1.35. The first-order valence-corrected chi connectivity index (χ1v) is 3.60. The van der Waals surface area contributed by atoms with E-state index in [9.17, 15) is 8.78 Å². The molecule has 72 valence electrons. The van der Waals surface area contributed by atoms with Crippen LogP contribution in [0.4, 0.5) is 8.78 Å². The van der Waals surface area contributed by atoms with Crippen molar-refractivity contribution in [3.8, 4) is 11.6 Å². The molecule has 0 fully saturated rings. The Balaban J connectivity index is 2.92. The number of rotatable bonds is 3. The van der Waals surface area contributed by atoms with Gasteiger partial charge in [-0.3, -0.25) is 0 Å². The molecule has 0 aliphatic heterocycles. The van der Waals surface area contributed by atoms with E-state index in [-0.39, 0.29) is 11.6 Å². The molecule has 3 nitrogen and oxygen atoms in total. The van der Waals surface area contributed by atoms with Gasteiger partial charge in [0.25, 0.3) is 5.88 Å². The minimum absolute atomic E-state index is 0.0527. The number of pyridine rings is 1. The van der Waals surface area contributed by atoms with Crippen molar-refractivity contribution in [2.45, 2.75) is 13.5 Å². The predicted octanol–water partition coefficient (Wildman–Crippen LogP) is 2.00. The molecule has 1 heterocycles. The van der Waals surface area contributed by atoms with Crippen molar-refractivity contribution in [3.63, 3.8) is 0 Å². The average Bonchev–Trinajstić information content (AvgIpc) is 2.07. The summed E-state index contributed by atoms with van der Waals surface area (Å²) in [6, 6.07) is 2.97. The van der Waals surface area contributed by atoms with Crippen LogP contribution < -0.4 is 9.47 Å². The third-order valence-corrected chi connectivity index (χ3v) is 1.37. The van der Waals surface area contributed by atoms with Crippen molar-refractivity contribution >= 4 is 0 Å². The Morgan fingerprint density at radius 3 is 2.62 bits per heavy atom. The number of ether oxygens (including phenoxy) is 2. The zero-order valence-corrected chi connectivity index (χ0v) is 7.25. The minimum atomic E-state index is -2.86. The van der Waals surface area contributed by atoms with E-state index in [4.69, 9.17) is 4.74 Å². The normalized spacial score (nSPS) is 10.2. The molecule has 0 radical (unpaired) electrons. The molecule has 0 aliphatic carbocycles.